The first-order chi connectivity index (χ1) is 13.0. The number of hydrogen-bond acceptors (Lipinski definition) is 7. The van der Waals surface area contributed by atoms with Gasteiger partial charge in [0, 0.05) is 0 Å². The number of esters is 1. The highest BCUT2D eigenvalue weighted by molar-refractivity contribution is 8.18. The molecular weight excluding hydrogens is 370 g/mol. The van der Waals surface area contributed by atoms with Gasteiger partial charge in [-0.05, 0) is 48.9 Å². The predicted molar refractivity (Wildman–Crippen MR) is 103 cm³/mol. The number of unbranched alkanes of at least 4 members (excludes halogenated alkanes) is 1. The van der Waals surface area contributed by atoms with Crippen molar-refractivity contribution < 1.29 is 28.6 Å². The summed E-state index contributed by atoms with van der Waals surface area (Å²) in [5.41, 5.74) is 0.691. The Hall–Kier alpha value is -2.48. The van der Waals surface area contributed by atoms with Gasteiger partial charge in [0.2, 0.25) is 0 Å². The van der Waals surface area contributed by atoms with Gasteiger partial charge in [-0.2, -0.15) is 0 Å². The molecule has 0 aliphatic carbocycles. The Bertz CT molecular complexity index is 746. The number of nitrogens with zero attached hydrogens (tertiary/aromatic N) is 1. The molecule has 8 heteroatoms. The molecule has 1 aliphatic rings. The van der Waals surface area contributed by atoms with Crippen molar-refractivity contribution in [2.24, 2.45) is 0 Å². The molecule has 146 valence electrons. The molecule has 27 heavy (non-hydrogen) atoms. The van der Waals surface area contributed by atoms with Crippen molar-refractivity contribution in [3.8, 4) is 11.5 Å². The molecule has 1 aromatic rings. The minimum absolute atomic E-state index is 0.192. The van der Waals surface area contributed by atoms with Crippen LogP contribution in [0.1, 0.15) is 32.3 Å². The van der Waals surface area contributed by atoms with Gasteiger partial charge in [0.1, 0.15) is 6.54 Å². The smallest absolute Gasteiger partial charge is 0.326 e. The van der Waals surface area contributed by atoms with Crippen LogP contribution in [0, 0.1) is 0 Å². The fourth-order valence-electron chi connectivity index (χ4n) is 2.34. The average molecular weight is 393 g/mol. The second kappa shape index (κ2) is 10.0. The molecule has 2 rings (SSSR count). The third-order valence-electron chi connectivity index (χ3n) is 3.71. The Morgan fingerprint density at radius 3 is 2.67 bits per heavy atom. The Kier molecular flexibility index (Phi) is 7.72. The zero-order valence-corrected chi connectivity index (χ0v) is 16.5. The van der Waals surface area contributed by atoms with Crippen LogP contribution in [0.4, 0.5) is 4.79 Å². The summed E-state index contributed by atoms with van der Waals surface area (Å²) < 4.78 is 15.8. The second-order valence-corrected chi connectivity index (χ2v) is 6.68. The maximum Gasteiger partial charge on any atom is 0.326 e. The van der Waals surface area contributed by atoms with E-state index in [4.69, 9.17) is 14.2 Å². The second-order valence-electron chi connectivity index (χ2n) is 5.69. The van der Waals surface area contributed by atoms with Gasteiger partial charge in [0.15, 0.2) is 11.5 Å². The predicted octanol–water partition coefficient (Wildman–Crippen LogP) is 3.47. The number of ether oxygens (including phenoxy) is 3. The van der Waals surface area contributed by atoms with Gasteiger partial charge in [-0.1, -0.05) is 19.4 Å². The molecular formula is C19H23NO6S. The lowest BCUT2D eigenvalue weighted by atomic mass is 10.2. The van der Waals surface area contributed by atoms with E-state index in [1.807, 2.05) is 0 Å². The van der Waals surface area contributed by atoms with E-state index < -0.39 is 17.1 Å². The maximum atomic E-state index is 12.4. The highest BCUT2D eigenvalue weighted by atomic mass is 32.2. The quantitative estimate of drug-likeness (QED) is 0.361. The van der Waals surface area contributed by atoms with Gasteiger partial charge in [-0.25, -0.2) is 0 Å². The van der Waals surface area contributed by atoms with E-state index in [1.165, 1.54) is 0 Å². The fourth-order valence-corrected chi connectivity index (χ4v) is 3.18. The molecule has 7 nitrogen and oxygen atoms in total. The third kappa shape index (κ3) is 5.50. The lowest BCUT2D eigenvalue weighted by Crippen LogP contribution is -2.34. The summed E-state index contributed by atoms with van der Waals surface area (Å²) >= 11 is 0.790. The van der Waals surface area contributed by atoms with Gasteiger partial charge in [-0.15, -0.1) is 0 Å². The molecule has 0 N–H and O–H groups in total. The summed E-state index contributed by atoms with van der Waals surface area (Å²) in [4.78, 5) is 37.1. The van der Waals surface area contributed by atoms with Crippen molar-refractivity contribution in [3.63, 3.8) is 0 Å². The van der Waals surface area contributed by atoms with Crippen molar-refractivity contribution in [3.05, 3.63) is 28.7 Å². The molecule has 0 saturated carbocycles. The van der Waals surface area contributed by atoms with Crippen LogP contribution in [-0.2, 0) is 14.3 Å². The maximum absolute atomic E-state index is 12.4. The molecule has 0 bridgehead atoms. The van der Waals surface area contributed by atoms with Crippen LogP contribution in [0.3, 0.4) is 0 Å². The van der Waals surface area contributed by atoms with E-state index in [9.17, 15) is 14.4 Å². The first kappa shape index (κ1) is 20.8. The van der Waals surface area contributed by atoms with Gasteiger partial charge in [0.05, 0.1) is 25.2 Å². The van der Waals surface area contributed by atoms with E-state index in [0.29, 0.717) is 23.7 Å². The number of amides is 2. The van der Waals surface area contributed by atoms with E-state index in [-0.39, 0.29) is 18.1 Å². The average Bonchev–Trinajstić information content (AvgIpc) is 2.90. The van der Waals surface area contributed by atoms with Crippen LogP contribution in [0.2, 0.25) is 0 Å². The minimum Gasteiger partial charge on any atom is -0.493 e. The summed E-state index contributed by atoms with van der Waals surface area (Å²) in [6, 6.07) is 5.28. The van der Waals surface area contributed by atoms with Crippen molar-refractivity contribution in [1.29, 1.82) is 0 Å². The van der Waals surface area contributed by atoms with Crippen molar-refractivity contribution >= 4 is 35.0 Å². The van der Waals surface area contributed by atoms with Crippen LogP contribution >= 0.6 is 11.8 Å². The van der Waals surface area contributed by atoms with E-state index in [0.717, 1.165) is 29.5 Å². The summed E-state index contributed by atoms with van der Waals surface area (Å²) in [6.07, 6.45) is 3.56. The zero-order chi connectivity index (χ0) is 19.8. The highest BCUT2D eigenvalue weighted by Gasteiger charge is 2.36. The lowest BCUT2D eigenvalue weighted by molar-refractivity contribution is -0.145. The lowest BCUT2D eigenvalue weighted by Gasteiger charge is -2.11. The molecule has 1 fully saturated rings. The molecule has 1 heterocycles. The number of carbonyl (C=O) groups is 3. The monoisotopic (exact) mass is 393 g/mol. The van der Waals surface area contributed by atoms with Gasteiger partial charge in [0.25, 0.3) is 11.1 Å². The SMILES string of the molecule is CCCCOc1ccc(/C=C2\SC(=O)N(CC(=O)OCC)C2=O)cc1OC. The minimum atomic E-state index is -0.615. The molecule has 0 unspecified atom stereocenters. The summed E-state index contributed by atoms with van der Waals surface area (Å²) in [7, 11) is 1.54. The Labute approximate surface area is 162 Å². The van der Waals surface area contributed by atoms with E-state index >= 15 is 0 Å². The molecule has 0 radical (unpaired) electrons. The molecule has 1 saturated heterocycles. The van der Waals surface area contributed by atoms with Crippen LogP contribution in [0.5, 0.6) is 11.5 Å². The number of imide groups is 1. The Morgan fingerprint density at radius 2 is 2.00 bits per heavy atom. The van der Waals surface area contributed by atoms with Crippen LogP contribution < -0.4 is 9.47 Å². The number of thioether (sulfide) groups is 1. The highest BCUT2D eigenvalue weighted by Crippen LogP contribution is 2.34. The summed E-state index contributed by atoms with van der Waals surface area (Å²) in [6.45, 7) is 4.15. The number of hydrogen-bond donors (Lipinski definition) is 0. The Balaban J connectivity index is 2.14. The fraction of sp³-hybridized carbons (Fsp3) is 0.421. The van der Waals surface area contributed by atoms with Crippen LogP contribution in [0.15, 0.2) is 23.1 Å². The third-order valence-corrected chi connectivity index (χ3v) is 4.61. The first-order valence-corrected chi connectivity index (χ1v) is 9.53. The number of benzene rings is 1. The molecule has 1 aliphatic heterocycles. The largest absolute Gasteiger partial charge is 0.493 e. The standard InChI is InChI=1S/C19H23NO6S/c1-4-6-9-26-14-8-7-13(10-15(14)24-3)11-16-18(22)20(19(23)27-16)12-17(21)25-5-2/h7-8,10-11H,4-6,9,12H2,1-3H3/b16-11-. The normalized spacial score (nSPS) is 15.4. The van der Waals surface area contributed by atoms with Gasteiger partial charge in [-0.3, -0.25) is 19.3 Å². The number of methoxy groups -OCH3 is 1. The zero-order valence-electron chi connectivity index (χ0n) is 15.6. The molecule has 0 spiro atoms. The van der Waals surface area contributed by atoms with Gasteiger partial charge >= 0.3 is 5.97 Å². The van der Waals surface area contributed by atoms with E-state index in [2.05, 4.69) is 6.92 Å². The molecule has 1 aromatic carbocycles. The van der Waals surface area contributed by atoms with Crippen LogP contribution in [-0.4, -0.2) is 48.9 Å². The summed E-state index contributed by atoms with van der Waals surface area (Å²) in [5, 5.41) is -0.495. The van der Waals surface area contributed by atoms with Crippen molar-refractivity contribution in [2.45, 2.75) is 26.7 Å². The van der Waals surface area contributed by atoms with Crippen molar-refractivity contribution in [1.82, 2.24) is 4.90 Å². The van der Waals surface area contributed by atoms with E-state index in [1.54, 1.807) is 38.3 Å². The summed E-state index contributed by atoms with van der Waals surface area (Å²) in [5.74, 6) is 0.0423. The Morgan fingerprint density at radius 1 is 1.22 bits per heavy atom. The molecule has 2 amide bonds. The van der Waals surface area contributed by atoms with Crippen molar-refractivity contribution in [2.75, 3.05) is 26.9 Å². The number of carbonyl (C=O) groups excluding carboxylic acids is 3. The van der Waals surface area contributed by atoms with Crippen LogP contribution in [0.25, 0.3) is 6.08 Å². The topological polar surface area (TPSA) is 82.1 Å². The molecule has 0 atom stereocenters. The first-order valence-electron chi connectivity index (χ1n) is 8.72. The molecule has 0 aromatic heterocycles. The van der Waals surface area contributed by atoms with Gasteiger partial charge < -0.3 is 14.2 Å². The number of rotatable bonds is 9.